The summed E-state index contributed by atoms with van der Waals surface area (Å²) < 4.78 is 10.9. The molecule has 0 aliphatic heterocycles. The monoisotopic (exact) mass is 398 g/mol. The second kappa shape index (κ2) is 8.37. The van der Waals surface area contributed by atoms with Gasteiger partial charge in [-0.2, -0.15) is 0 Å². The van der Waals surface area contributed by atoms with Crippen LogP contribution in [0.2, 0.25) is 0 Å². The van der Waals surface area contributed by atoms with Gasteiger partial charge in [0.2, 0.25) is 0 Å². The van der Waals surface area contributed by atoms with Gasteiger partial charge in [0.15, 0.2) is 0 Å². The predicted octanol–water partition coefficient (Wildman–Crippen LogP) is 5.36. The van der Waals surface area contributed by atoms with Crippen molar-refractivity contribution >= 4 is 16.9 Å². The summed E-state index contributed by atoms with van der Waals surface area (Å²) in [5.41, 5.74) is 5.35. The number of hydrogen-bond acceptors (Lipinski definition) is 4. The molecule has 0 radical (unpaired) electrons. The first kappa shape index (κ1) is 19.6. The molecule has 150 valence electrons. The van der Waals surface area contributed by atoms with Gasteiger partial charge in [-0.05, 0) is 60.7 Å². The van der Waals surface area contributed by atoms with Gasteiger partial charge in [0.05, 0.1) is 5.56 Å². The highest BCUT2D eigenvalue weighted by Gasteiger charge is 2.15. The molecule has 4 nitrogen and oxygen atoms in total. The maximum absolute atomic E-state index is 12.8. The molecule has 0 N–H and O–H groups in total. The molecule has 30 heavy (non-hydrogen) atoms. The molecule has 0 unspecified atom stereocenters. The highest BCUT2D eigenvalue weighted by molar-refractivity contribution is 5.91. The first-order chi connectivity index (χ1) is 14.5. The molecule has 0 aliphatic rings. The fourth-order valence-electron chi connectivity index (χ4n) is 3.51. The zero-order valence-electron chi connectivity index (χ0n) is 17.0. The lowest BCUT2D eigenvalue weighted by Gasteiger charge is -2.11. The fraction of sp³-hybridized carbons (Fsp3) is 0.154. The van der Waals surface area contributed by atoms with E-state index < -0.39 is 11.6 Å². The van der Waals surface area contributed by atoms with Gasteiger partial charge in [-0.15, -0.1) is 0 Å². The van der Waals surface area contributed by atoms with Crippen molar-refractivity contribution < 1.29 is 13.9 Å². The van der Waals surface area contributed by atoms with Crippen LogP contribution in [0.25, 0.3) is 11.0 Å². The summed E-state index contributed by atoms with van der Waals surface area (Å²) in [6.45, 7) is 3.96. The van der Waals surface area contributed by atoms with Crippen molar-refractivity contribution in [3.8, 4) is 0 Å². The number of fused-ring (bicyclic) bond motifs is 1. The van der Waals surface area contributed by atoms with Crippen LogP contribution in [0.5, 0.6) is 0 Å². The second-order valence-corrected chi connectivity index (χ2v) is 7.42. The quantitative estimate of drug-likeness (QED) is 0.336. The van der Waals surface area contributed by atoms with E-state index in [4.69, 9.17) is 9.15 Å². The van der Waals surface area contributed by atoms with Crippen LogP contribution in [0.4, 0.5) is 0 Å². The Morgan fingerprint density at radius 3 is 2.37 bits per heavy atom. The van der Waals surface area contributed by atoms with E-state index in [-0.39, 0.29) is 6.61 Å². The molecular weight excluding hydrogens is 376 g/mol. The molecule has 0 fully saturated rings. The minimum atomic E-state index is -0.457. The molecule has 0 aliphatic carbocycles. The molecule has 0 bridgehead atoms. The van der Waals surface area contributed by atoms with Crippen LogP contribution in [0.3, 0.4) is 0 Å². The molecule has 0 saturated carbocycles. The van der Waals surface area contributed by atoms with Crippen molar-refractivity contribution in [2.45, 2.75) is 26.9 Å². The first-order valence-electron chi connectivity index (χ1n) is 9.84. The Kier molecular flexibility index (Phi) is 5.48. The number of aryl methyl sites for hydroxylation is 2. The van der Waals surface area contributed by atoms with Crippen molar-refractivity contribution in [1.82, 2.24) is 0 Å². The number of carbonyl (C=O) groups is 1. The summed E-state index contributed by atoms with van der Waals surface area (Å²) in [7, 11) is 0. The lowest BCUT2D eigenvalue weighted by Crippen LogP contribution is -2.10. The summed E-state index contributed by atoms with van der Waals surface area (Å²) in [5.74, 6) is -0.410. The van der Waals surface area contributed by atoms with E-state index in [0.29, 0.717) is 23.1 Å². The summed E-state index contributed by atoms with van der Waals surface area (Å²) in [5, 5.41) is 0.781. The Bertz CT molecular complexity index is 1270. The van der Waals surface area contributed by atoms with Gasteiger partial charge in [-0.3, -0.25) is 0 Å². The van der Waals surface area contributed by atoms with E-state index in [1.165, 1.54) is 6.07 Å². The molecule has 3 aromatic carbocycles. The summed E-state index contributed by atoms with van der Waals surface area (Å²) in [6, 6.07) is 22.6. The Hall–Kier alpha value is -3.66. The van der Waals surface area contributed by atoms with E-state index >= 15 is 0 Å². The lowest BCUT2D eigenvalue weighted by atomic mass is 10.00. The maximum Gasteiger partial charge on any atom is 0.338 e. The average Bonchev–Trinajstić information content (AvgIpc) is 2.74. The van der Waals surface area contributed by atoms with Crippen LogP contribution in [-0.4, -0.2) is 5.97 Å². The zero-order valence-corrected chi connectivity index (χ0v) is 17.0. The Labute approximate surface area is 174 Å². The van der Waals surface area contributed by atoms with E-state index in [0.717, 1.165) is 27.6 Å². The van der Waals surface area contributed by atoms with Crippen LogP contribution in [0.15, 0.2) is 82.0 Å². The Balaban J connectivity index is 1.59. The van der Waals surface area contributed by atoms with Gasteiger partial charge in [0, 0.05) is 17.0 Å². The summed E-state index contributed by atoms with van der Waals surface area (Å²) in [4.78, 5) is 24.8. The van der Waals surface area contributed by atoms with Crippen molar-refractivity contribution in [3.05, 3.63) is 117 Å². The molecule has 0 atom stereocenters. The third-order valence-electron chi connectivity index (χ3n) is 5.28. The molecule has 1 heterocycles. The summed E-state index contributed by atoms with van der Waals surface area (Å²) >= 11 is 0. The topological polar surface area (TPSA) is 56.5 Å². The van der Waals surface area contributed by atoms with Crippen LogP contribution in [-0.2, 0) is 17.8 Å². The number of ether oxygens (including phenoxy) is 1. The SMILES string of the molecule is Cc1cc2oc(=O)cc(COC(=O)c3ccccc3Cc3ccccc3)c2cc1C. The van der Waals surface area contributed by atoms with Gasteiger partial charge in [-0.25, -0.2) is 9.59 Å². The average molecular weight is 398 g/mol. The second-order valence-electron chi connectivity index (χ2n) is 7.42. The molecular formula is C26H22O4. The molecule has 0 amide bonds. The van der Waals surface area contributed by atoms with Crippen LogP contribution >= 0.6 is 0 Å². The van der Waals surface area contributed by atoms with Crippen LogP contribution in [0, 0.1) is 13.8 Å². The minimum Gasteiger partial charge on any atom is -0.457 e. The third-order valence-corrected chi connectivity index (χ3v) is 5.28. The molecule has 0 saturated heterocycles. The molecule has 4 rings (SSSR count). The van der Waals surface area contributed by atoms with Crippen molar-refractivity contribution in [1.29, 1.82) is 0 Å². The largest absolute Gasteiger partial charge is 0.457 e. The van der Waals surface area contributed by atoms with E-state index in [9.17, 15) is 9.59 Å². The van der Waals surface area contributed by atoms with Crippen molar-refractivity contribution in [2.24, 2.45) is 0 Å². The number of esters is 1. The van der Waals surface area contributed by atoms with Crippen molar-refractivity contribution in [2.75, 3.05) is 0 Å². The van der Waals surface area contributed by atoms with Gasteiger partial charge in [-0.1, -0.05) is 48.5 Å². The smallest absolute Gasteiger partial charge is 0.338 e. The van der Waals surface area contributed by atoms with Gasteiger partial charge < -0.3 is 9.15 Å². The Morgan fingerprint density at radius 2 is 1.57 bits per heavy atom. The van der Waals surface area contributed by atoms with Crippen LogP contribution < -0.4 is 5.63 Å². The standard InChI is InChI=1S/C26H22O4/c1-17-12-23-21(15-25(27)30-24(23)13-18(17)2)16-29-26(28)22-11-7-6-10-20(22)14-19-8-4-3-5-9-19/h3-13,15H,14,16H2,1-2H3. The van der Waals surface area contributed by atoms with E-state index in [1.807, 2.05) is 74.5 Å². The third kappa shape index (κ3) is 4.18. The predicted molar refractivity (Wildman–Crippen MR) is 117 cm³/mol. The fourth-order valence-corrected chi connectivity index (χ4v) is 3.51. The molecule has 0 spiro atoms. The number of rotatable bonds is 5. The highest BCUT2D eigenvalue weighted by atomic mass is 16.5. The van der Waals surface area contributed by atoms with Gasteiger partial charge in [0.25, 0.3) is 0 Å². The Morgan fingerprint density at radius 1 is 0.867 bits per heavy atom. The van der Waals surface area contributed by atoms with Crippen molar-refractivity contribution in [3.63, 3.8) is 0 Å². The normalized spacial score (nSPS) is 10.9. The maximum atomic E-state index is 12.8. The molecule has 1 aromatic heterocycles. The lowest BCUT2D eigenvalue weighted by molar-refractivity contribution is 0.0472. The molecule has 4 heteroatoms. The van der Waals surface area contributed by atoms with Crippen LogP contribution in [0.1, 0.15) is 38.2 Å². The number of carbonyl (C=O) groups excluding carboxylic acids is 1. The zero-order chi connectivity index (χ0) is 21.1. The number of hydrogen-bond donors (Lipinski definition) is 0. The van der Waals surface area contributed by atoms with E-state index in [1.54, 1.807) is 6.07 Å². The van der Waals surface area contributed by atoms with Gasteiger partial charge >= 0.3 is 11.6 Å². The van der Waals surface area contributed by atoms with Gasteiger partial charge in [0.1, 0.15) is 12.2 Å². The molecule has 4 aromatic rings. The highest BCUT2D eigenvalue weighted by Crippen LogP contribution is 2.23. The number of benzene rings is 3. The minimum absolute atomic E-state index is 0.00308. The first-order valence-corrected chi connectivity index (χ1v) is 9.84. The van der Waals surface area contributed by atoms with E-state index in [2.05, 4.69) is 0 Å². The summed E-state index contributed by atoms with van der Waals surface area (Å²) in [6.07, 6.45) is 0.641.